The Morgan fingerprint density at radius 2 is 0.887 bits per heavy atom. The van der Waals surface area contributed by atoms with E-state index in [1.807, 2.05) is 166 Å². The lowest BCUT2D eigenvalue weighted by Gasteiger charge is -2.23. The van der Waals surface area contributed by atoms with Crippen molar-refractivity contribution in [2.75, 3.05) is 13.4 Å². The molecule has 0 heterocycles. The number of nitrogens with one attached hydrogen (secondary N) is 5. The molecule has 0 unspecified atom stereocenters. The zero-order valence-electron chi connectivity index (χ0n) is 45.0. The fourth-order valence-corrected chi connectivity index (χ4v) is 4.30. The number of benzene rings is 2. The molecule has 0 bridgehead atoms. The normalized spacial score (nSPS) is 8.74. The van der Waals surface area contributed by atoms with Crippen LogP contribution in [0.15, 0.2) is 104 Å². The molecule has 0 saturated heterocycles. The predicted molar refractivity (Wildman–Crippen MR) is 288 cm³/mol. The molecule has 0 aromatic heterocycles. The van der Waals surface area contributed by atoms with Gasteiger partial charge in [0.05, 0.1) is 13.4 Å². The van der Waals surface area contributed by atoms with Gasteiger partial charge in [-0.2, -0.15) is 0 Å². The second kappa shape index (κ2) is 59.2. The summed E-state index contributed by atoms with van der Waals surface area (Å²) in [5.74, 6) is 2.02. The van der Waals surface area contributed by atoms with Gasteiger partial charge >= 0.3 is 0 Å². The van der Waals surface area contributed by atoms with Crippen molar-refractivity contribution in [2.24, 2.45) is 0 Å². The molecule has 0 radical (unpaired) electrons. The predicted octanol–water partition coefficient (Wildman–Crippen LogP) is 14.9. The molecule has 0 atom stereocenters. The van der Waals surface area contributed by atoms with Gasteiger partial charge in [-0.1, -0.05) is 152 Å². The topological polar surface area (TPSA) is 113 Å². The average molecular weight is 901 g/mol. The Morgan fingerprint density at radius 1 is 0.565 bits per heavy atom. The van der Waals surface area contributed by atoms with E-state index in [1.54, 1.807) is 21.0 Å². The lowest BCUT2D eigenvalue weighted by molar-refractivity contribution is 0.256. The van der Waals surface area contributed by atoms with Crippen LogP contribution in [0, 0.1) is 0 Å². The third kappa shape index (κ3) is 87.6. The SMILES string of the molecule is C.C=C(C)NC(C)C.C=C(NC(C)(C)C)c1ccccc1.C=C(NC(C)C)OC.C=C(NC(C)C)Oc1ccccc1.CC.CC.CC.CC.CC.CC.CC(C)NS(C)(=O)=O. The Labute approximate surface area is 390 Å². The van der Waals surface area contributed by atoms with Crippen LogP contribution in [0.5, 0.6) is 5.75 Å². The monoisotopic (exact) mass is 900 g/mol. The fraction of sp³-hybridized carbons (Fsp3) is 0.615. The number of sulfonamides is 1. The van der Waals surface area contributed by atoms with Crippen molar-refractivity contribution in [1.82, 2.24) is 26.0 Å². The highest BCUT2D eigenvalue weighted by molar-refractivity contribution is 7.88. The molecule has 0 amide bonds. The van der Waals surface area contributed by atoms with Crippen molar-refractivity contribution < 1.29 is 17.9 Å². The summed E-state index contributed by atoms with van der Waals surface area (Å²) < 4.78 is 33.2. The minimum absolute atomic E-state index is 0. The summed E-state index contributed by atoms with van der Waals surface area (Å²) in [6, 6.07) is 21.0. The zero-order chi connectivity index (χ0) is 50.8. The first kappa shape index (κ1) is 81.9. The summed E-state index contributed by atoms with van der Waals surface area (Å²) in [6.07, 6.45) is 1.15. The number of ether oxygens (including phenoxy) is 2. The van der Waals surface area contributed by atoms with Crippen LogP contribution in [-0.4, -0.2) is 51.5 Å². The molecule has 0 aliphatic rings. The number of hydrogen-bond donors (Lipinski definition) is 5. The average Bonchev–Trinajstić information content (AvgIpc) is 3.18. The van der Waals surface area contributed by atoms with Crippen LogP contribution in [0.4, 0.5) is 0 Å². The fourth-order valence-electron chi connectivity index (χ4n) is 3.45. The van der Waals surface area contributed by atoms with Gasteiger partial charge in [0.1, 0.15) is 5.75 Å². The van der Waals surface area contributed by atoms with Crippen molar-refractivity contribution in [2.45, 2.75) is 203 Å². The Morgan fingerprint density at radius 3 is 1.10 bits per heavy atom. The molecule has 2 aromatic carbocycles. The van der Waals surface area contributed by atoms with Gasteiger partial charge in [0.15, 0.2) is 11.8 Å². The summed E-state index contributed by atoms with van der Waals surface area (Å²) in [5.41, 5.74) is 3.24. The van der Waals surface area contributed by atoms with Crippen molar-refractivity contribution >= 4 is 15.7 Å². The number of para-hydroxylation sites is 1. The molecule has 0 aliphatic heterocycles. The molecule has 0 spiro atoms. The van der Waals surface area contributed by atoms with E-state index >= 15 is 0 Å². The standard InChI is InChI=1S/C12H17N.C11H15NO.C6H13NO.C6H13N.C4H11NO2S.6C2H6.CH4/c1-10(13-12(2,3)4)11-8-6-5-7-9-11;1-9(2)12-10(3)13-11-7-5-4-6-8-11;1-5(2)7-6(3)8-4;1-5(2)7-6(3)4;1-4(2)5-8(3,6)7;6*1-2;/h5-9,13H,1H2,2-4H3;4-9,12H,3H2,1-2H3;5,7H,3H2,1-2,4H3;6-7H,1H2,2-4H3;4-5H,1-3H3;6*1-2H3;1H4. The Hall–Kier alpha value is -3.89. The summed E-state index contributed by atoms with van der Waals surface area (Å²) in [6.45, 7) is 63.2. The van der Waals surface area contributed by atoms with Gasteiger partial charge in [0, 0.05) is 41.1 Å². The van der Waals surface area contributed by atoms with Crippen LogP contribution < -0.4 is 30.7 Å². The highest BCUT2D eigenvalue weighted by atomic mass is 32.2. The molecule has 0 saturated carbocycles. The highest BCUT2D eigenvalue weighted by Gasteiger charge is 2.10. The van der Waals surface area contributed by atoms with Gasteiger partial charge in [-0.15, -0.1) is 0 Å². The van der Waals surface area contributed by atoms with Gasteiger partial charge in [-0.05, 0) is 114 Å². The van der Waals surface area contributed by atoms with E-state index in [2.05, 4.69) is 99.1 Å². The number of allylic oxidation sites excluding steroid dienone is 1. The van der Waals surface area contributed by atoms with Crippen LogP contribution >= 0.6 is 0 Å². The van der Waals surface area contributed by atoms with E-state index < -0.39 is 10.0 Å². The van der Waals surface area contributed by atoms with Crippen LogP contribution in [-0.2, 0) is 14.8 Å². The minimum Gasteiger partial charge on any atom is -0.483 e. The minimum atomic E-state index is -2.97. The highest BCUT2D eigenvalue weighted by Crippen LogP contribution is 2.13. The molecule has 372 valence electrons. The summed E-state index contributed by atoms with van der Waals surface area (Å²) in [4.78, 5) is 0. The third-order valence-electron chi connectivity index (χ3n) is 4.76. The summed E-state index contributed by atoms with van der Waals surface area (Å²) in [7, 11) is -1.38. The van der Waals surface area contributed by atoms with Crippen LogP contribution in [0.1, 0.15) is 179 Å². The Balaban J connectivity index is -0.0000000649. The number of methoxy groups -OCH3 is 1. The molecular weight excluding hydrogens is 791 g/mol. The third-order valence-corrected chi connectivity index (χ3v) is 5.66. The smallest absolute Gasteiger partial charge is 0.208 e. The van der Waals surface area contributed by atoms with Crippen molar-refractivity contribution in [3.63, 3.8) is 0 Å². The summed E-state index contributed by atoms with van der Waals surface area (Å²) in [5, 5.41) is 12.5. The van der Waals surface area contributed by atoms with Crippen LogP contribution in [0.2, 0.25) is 0 Å². The molecule has 5 N–H and O–H groups in total. The molecule has 0 fully saturated rings. The van der Waals surface area contributed by atoms with Gasteiger partial charge in [0.2, 0.25) is 10.0 Å². The van der Waals surface area contributed by atoms with Gasteiger partial charge in [-0.3, -0.25) is 0 Å². The van der Waals surface area contributed by atoms with E-state index in [9.17, 15) is 8.42 Å². The van der Waals surface area contributed by atoms with Crippen LogP contribution in [0.25, 0.3) is 5.70 Å². The van der Waals surface area contributed by atoms with E-state index in [1.165, 1.54) is 0 Å². The molecule has 2 rings (SSSR count). The Kier molecular flexibility index (Phi) is 78.2. The van der Waals surface area contributed by atoms with E-state index in [0.717, 1.165) is 29.0 Å². The maximum Gasteiger partial charge on any atom is 0.208 e. The molecular formula is C52H109N5O4S. The van der Waals surface area contributed by atoms with E-state index in [-0.39, 0.29) is 19.0 Å². The molecule has 0 aliphatic carbocycles. The first-order valence-electron chi connectivity index (χ1n) is 22.5. The van der Waals surface area contributed by atoms with Crippen molar-refractivity contribution in [3.05, 3.63) is 110 Å². The zero-order valence-corrected chi connectivity index (χ0v) is 45.8. The first-order chi connectivity index (χ1) is 28.4. The molecule has 2 aromatic rings. The maximum absolute atomic E-state index is 10.3. The largest absolute Gasteiger partial charge is 0.483 e. The molecule has 9 nitrogen and oxygen atoms in total. The van der Waals surface area contributed by atoms with Gasteiger partial charge in [-0.25, -0.2) is 13.1 Å². The molecule has 62 heavy (non-hydrogen) atoms. The second-order valence-electron chi connectivity index (χ2n) is 13.4. The van der Waals surface area contributed by atoms with Gasteiger partial charge < -0.3 is 30.7 Å². The van der Waals surface area contributed by atoms with Crippen molar-refractivity contribution in [3.8, 4) is 5.75 Å². The second-order valence-corrected chi connectivity index (χ2v) is 15.2. The van der Waals surface area contributed by atoms with E-state index in [4.69, 9.17) is 9.47 Å². The maximum atomic E-state index is 10.3. The number of hydrogen-bond acceptors (Lipinski definition) is 8. The lowest BCUT2D eigenvalue weighted by atomic mass is 10.1. The lowest BCUT2D eigenvalue weighted by Crippen LogP contribution is -2.33. The van der Waals surface area contributed by atoms with Crippen molar-refractivity contribution in [1.29, 1.82) is 0 Å². The summed E-state index contributed by atoms with van der Waals surface area (Å²) >= 11 is 0. The first-order valence-corrected chi connectivity index (χ1v) is 24.4. The Bertz CT molecular complexity index is 1290. The van der Waals surface area contributed by atoms with E-state index in [0.29, 0.717) is 29.9 Å². The molecule has 10 heteroatoms. The van der Waals surface area contributed by atoms with Crippen LogP contribution in [0.3, 0.4) is 0 Å². The van der Waals surface area contributed by atoms with Gasteiger partial charge in [0.25, 0.3) is 0 Å². The number of rotatable bonds is 13. The quantitative estimate of drug-likeness (QED) is 0.126.